The summed E-state index contributed by atoms with van der Waals surface area (Å²) < 4.78 is 6.25. The van der Waals surface area contributed by atoms with Crippen molar-refractivity contribution in [2.75, 3.05) is 11.9 Å². The van der Waals surface area contributed by atoms with Gasteiger partial charge in [0.2, 0.25) is 0 Å². The molecule has 2 N–H and O–H groups in total. The predicted molar refractivity (Wildman–Crippen MR) is 85.9 cm³/mol. The lowest BCUT2D eigenvalue weighted by Gasteiger charge is -2.10. The number of nitrogens with one attached hydrogen (secondary N) is 2. The first-order chi connectivity index (χ1) is 10.0. The van der Waals surface area contributed by atoms with Crippen molar-refractivity contribution in [1.29, 1.82) is 0 Å². The van der Waals surface area contributed by atoms with Crippen LogP contribution in [-0.4, -0.2) is 22.7 Å². The van der Waals surface area contributed by atoms with Crippen LogP contribution in [0.4, 0.5) is 5.69 Å². The first kappa shape index (κ1) is 15.6. The maximum Gasteiger partial charge on any atom is 0.277 e. The van der Waals surface area contributed by atoms with E-state index in [4.69, 9.17) is 4.74 Å². The Morgan fingerprint density at radius 3 is 2.76 bits per heavy atom. The van der Waals surface area contributed by atoms with Gasteiger partial charge in [0.25, 0.3) is 5.91 Å². The van der Waals surface area contributed by atoms with Crippen LogP contribution in [0.25, 0.3) is 0 Å². The van der Waals surface area contributed by atoms with Crippen molar-refractivity contribution in [1.82, 2.24) is 10.2 Å². The lowest BCUT2D eigenvalue weighted by molar-refractivity contribution is 0.102. The SMILES string of the molecule is CCCOc1ccc(NC(=O)c2n[nH]c(C)c2Br)c(C)c1. The van der Waals surface area contributed by atoms with Gasteiger partial charge in [0, 0.05) is 11.4 Å². The summed E-state index contributed by atoms with van der Waals surface area (Å²) in [6, 6.07) is 5.60. The van der Waals surface area contributed by atoms with Gasteiger partial charge in [-0.1, -0.05) is 6.92 Å². The van der Waals surface area contributed by atoms with Gasteiger partial charge < -0.3 is 10.1 Å². The number of aryl methyl sites for hydroxylation is 2. The summed E-state index contributed by atoms with van der Waals surface area (Å²) in [5.74, 6) is 0.556. The van der Waals surface area contributed by atoms with Crippen LogP contribution >= 0.6 is 15.9 Å². The molecule has 1 heterocycles. The van der Waals surface area contributed by atoms with Crippen LogP contribution in [0.3, 0.4) is 0 Å². The van der Waals surface area contributed by atoms with Gasteiger partial charge in [0.15, 0.2) is 5.69 Å². The van der Waals surface area contributed by atoms with Crippen molar-refractivity contribution in [2.24, 2.45) is 0 Å². The van der Waals surface area contributed by atoms with E-state index in [0.29, 0.717) is 16.8 Å². The molecule has 0 unspecified atom stereocenters. The highest BCUT2D eigenvalue weighted by Gasteiger charge is 2.16. The number of ether oxygens (including phenoxy) is 1. The second-order valence-electron chi connectivity index (χ2n) is 4.79. The number of carbonyl (C=O) groups excluding carboxylic acids is 1. The minimum atomic E-state index is -0.253. The second-order valence-corrected chi connectivity index (χ2v) is 5.58. The smallest absolute Gasteiger partial charge is 0.277 e. The number of hydrogen-bond donors (Lipinski definition) is 2. The molecular formula is C15H18BrN3O2. The molecule has 0 fully saturated rings. The fraction of sp³-hybridized carbons (Fsp3) is 0.333. The Morgan fingerprint density at radius 2 is 2.19 bits per heavy atom. The maximum atomic E-state index is 12.2. The summed E-state index contributed by atoms with van der Waals surface area (Å²) in [5.41, 5.74) is 2.86. The van der Waals surface area contributed by atoms with Crippen LogP contribution < -0.4 is 10.1 Å². The van der Waals surface area contributed by atoms with Gasteiger partial charge in [-0.3, -0.25) is 9.89 Å². The molecule has 2 rings (SSSR count). The number of benzene rings is 1. The molecule has 0 radical (unpaired) electrons. The number of rotatable bonds is 5. The molecule has 1 amide bonds. The highest BCUT2D eigenvalue weighted by Crippen LogP contribution is 2.24. The molecule has 2 aromatic rings. The number of aromatic nitrogens is 2. The molecule has 0 aliphatic rings. The van der Waals surface area contributed by atoms with E-state index in [-0.39, 0.29) is 5.91 Å². The van der Waals surface area contributed by atoms with E-state index < -0.39 is 0 Å². The summed E-state index contributed by atoms with van der Waals surface area (Å²) >= 11 is 3.35. The molecule has 6 heteroatoms. The van der Waals surface area contributed by atoms with Crippen LogP contribution in [0, 0.1) is 13.8 Å². The van der Waals surface area contributed by atoms with Crippen LogP contribution in [-0.2, 0) is 0 Å². The highest BCUT2D eigenvalue weighted by molar-refractivity contribution is 9.10. The van der Waals surface area contributed by atoms with E-state index in [0.717, 1.165) is 29.1 Å². The number of carbonyl (C=O) groups is 1. The average molecular weight is 352 g/mol. The largest absolute Gasteiger partial charge is 0.494 e. The summed E-state index contributed by atoms with van der Waals surface area (Å²) in [7, 11) is 0. The standard InChI is InChI=1S/C15H18BrN3O2/c1-4-7-21-11-5-6-12(9(2)8-11)17-15(20)14-13(16)10(3)18-19-14/h5-6,8H,4,7H2,1-3H3,(H,17,20)(H,18,19). The molecule has 5 nitrogen and oxygen atoms in total. The molecule has 1 aromatic heterocycles. The molecule has 0 saturated heterocycles. The van der Waals surface area contributed by atoms with E-state index in [1.807, 2.05) is 32.0 Å². The normalized spacial score (nSPS) is 10.5. The van der Waals surface area contributed by atoms with E-state index >= 15 is 0 Å². The zero-order valence-electron chi connectivity index (χ0n) is 12.3. The predicted octanol–water partition coefficient (Wildman–Crippen LogP) is 3.83. The molecule has 0 atom stereocenters. The van der Waals surface area contributed by atoms with E-state index in [9.17, 15) is 4.79 Å². The van der Waals surface area contributed by atoms with Crippen LogP contribution in [0.1, 0.15) is 35.1 Å². The number of amides is 1. The third kappa shape index (κ3) is 3.64. The first-order valence-corrected chi connectivity index (χ1v) is 7.57. The fourth-order valence-corrected chi connectivity index (χ4v) is 2.19. The maximum absolute atomic E-state index is 12.2. The number of aromatic amines is 1. The van der Waals surface area contributed by atoms with E-state index in [1.165, 1.54) is 0 Å². The lowest BCUT2D eigenvalue weighted by Crippen LogP contribution is -2.14. The average Bonchev–Trinajstić information content (AvgIpc) is 2.79. The second kappa shape index (κ2) is 6.76. The molecule has 21 heavy (non-hydrogen) atoms. The van der Waals surface area contributed by atoms with Gasteiger partial charge in [0.1, 0.15) is 5.75 Å². The molecule has 0 bridgehead atoms. The van der Waals surface area contributed by atoms with E-state index in [2.05, 4.69) is 38.4 Å². The Balaban J connectivity index is 2.12. The van der Waals surface area contributed by atoms with Crippen LogP contribution in [0.5, 0.6) is 5.75 Å². The number of anilines is 1. The van der Waals surface area contributed by atoms with E-state index in [1.54, 1.807) is 0 Å². The van der Waals surface area contributed by atoms with Crippen molar-refractivity contribution in [3.8, 4) is 5.75 Å². The Bertz CT molecular complexity index is 652. The molecule has 0 aliphatic heterocycles. The van der Waals surface area contributed by atoms with Gasteiger partial charge in [0.05, 0.1) is 11.1 Å². The summed E-state index contributed by atoms with van der Waals surface area (Å²) in [4.78, 5) is 12.2. The minimum Gasteiger partial charge on any atom is -0.494 e. The molecule has 0 aliphatic carbocycles. The van der Waals surface area contributed by atoms with Crippen LogP contribution in [0.2, 0.25) is 0 Å². The number of hydrogen-bond acceptors (Lipinski definition) is 3. The van der Waals surface area contributed by atoms with Crippen molar-refractivity contribution < 1.29 is 9.53 Å². The summed E-state index contributed by atoms with van der Waals surface area (Å²) in [6.45, 7) is 6.52. The Morgan fingerprint density at radius 1 is 1.43 bits per heavy atom. The van der Waals surface area contributed by atoms with Crippen molar-refractivity contribution in [2.45, 2.75) is 27.2 Å². The Hall–Kier alpha value is -1.82. The number of halogens is 1. The molecular weight excluding hydrogens is 334 g/mol. The number of H-pyrrole nitrogens is 1. The summed E-state index contributed by atoms with van der Waals surface area (Å²) in [5, 5.41) is 9.62. The minimum absolute atomic E-state index is 0.253. The zero-order chi connectivity index (χ0) is 15.4. The third-order valence-electron chi connectivity index (χ3n) is 3.01. The zero-order valence-corrected chi connectivity index (χ0v) is 13.9. The summed E-state index contributed by atoms with van der Waals surface area (Å²) in [6.07, 6.45) is 0.962. The van der Waals surface area contributed by atoms with Gasteiger partial charge in [-0.15, -0.1) is 0 Å². The van der Waals surface area contributed by atoms with Crippen molar-refractivity contribution >= 4 is 27.5 Å². The van der Waals surface area contributed by atoms with Gasteiger partial charge in [-0.25, -0.2) is 0 Å². The van der Waals surface area contributed by atoms with Crippen molar-refractivity contribution in [3.63, 3.8) is 0 Å². The lowest BCUT2D eigenvalue weighted by atomic mass is 10.2. The highest BCUT2D eigenvalue weighted by atomic mass is 79.9. The molecule has 112 valence electrons. The van der Waals surface area contributed by atoms with Gasteiger partial charge >= 0.3 is 0 Å². The fourth-order valence-electron chi connectivity index (χ4n) is 1.83. The van der Waals surface area contributed by atoms with Gasteiger partial charge in [-0.2, -0.15) is 5.10 Å². The third-order valence-corrected chi connectivity index (χ3v) is 3.98. The van der Waals surface area contributed by atoms with Crippen molar-refractivity contribution in [3.05, 3.63) is 39.6 Å². The Kier molecular flexibility index (Phi) is 5.01. The molecule has 0 saturated carbocycles. The molecule has 1 aromatic carbocycles. The molecule has 0 spiro atoms. The quantitative estimate of drug-likeness (QED) is 0.859. The van der Waals surface area contributed by atoms with Gasteiger partial charge in [-0.05, 0) is 60.0 Å². The first-order valence-electron chi connectivity index (χ1n) is 6.78. The van der Waals surface area contributed by atoms with Crippen LogP contribution in [0.15, 0.2) is 22.7 Å². The topological polar surface area (TPSA) is 67.0 Å². The Labute approximate surface area is 132 Å². The monoisotopic (exact) mass is 351 g/mol. The number of nitrogens with zero attached hydrogens (tertiary/aromatic N) is 1.